The van der Waals surface area contributed by atoms with Crippen molar-refractivity contribution in [3.8, 4) is 0 Å². The van der Waals surface area contributed by atoms with Gasteiger partial charge in [-0.05, 0) is 19.8 Å². The van der Waals surface area contributed by atoms with Crippen LogP contribution < -0.4 is 5.48 Å². The molecule has 0 aliphatic carbocycles. The molecule has 0 amide bonds. The Balaban J connectivity index is 2.54. The Morgan fingerprint density at radius 3 is 2.10 bits per heavy atom. The number of hydrogen-bond donors (Lipinski definition) is 1. The van der Waals surface area contributed by atoms with E-state index in [4.69, 9.17) is 4.84 Å². The van der Waals surface area contributed by atoms with Crippen molar-refractivity contribution in [1.82, 2.24) is 5.48 Å². The standard InChI is InChI=1S/C8H17NO/c1-5(2)8-6(3)9-10-7(8)4/h5-9H,1-4H3. The van der Waals surface area contributed by atoms with Crippen LogP contribution in [-0.4, -0.2) is 12.1 Å². The van der Waals surface area contributed by atoms with Crippen molar-refractivity contribution in [2.24, 2.45) is 11.8 Å². The minimum absolute atomic E-state index is 0.370. The largest absolute Gasteiger partial charge is 0.298 e. The van der Waals surface area contributed by atoms with Crippen LogP contribution in [0.25, 0.3) is 0 Å². The van der Waals surface area contributed by atoms with E-state index < -0.39 is 0 Å². The maximum atomic E-state index is 5.29. The average molecular weight is 143 g/mol. The van der Waals surface area contributed by atoms with Crippen LogP contribution in [0.3, 0.4) is 0 Å². The van der Waals surface area contributed by atoms with Crippen molar-refractivity contribution in [3.63, 3.8) is 0 Å². The zero-order chi connectivity index (χ0) is 7.72. The van der Waals surface area contributed by atoms with Gasteiger partial charge in [-0.25, -0.2) is 0 Å². The van der Waals surface area contributed by atoms with E-state index in [1.165, 1.54) is 0 Å². The highest BCUT2D eigenvalue weighted by Crippen LogP contribution is 2.25. The lowest BCUT2D eigenvalue weighted by atomic mass is 9.87. The van der Waals surface area contributed by atoms with Crippen LogP contribution in [0.5, 0.6) is 0 Å². The fourth-order valence-electron chi connectivity index (χ4n) is 1.90. The lowest BCUT2D eigenvalue weighted by Gasteiger charge is -2.19. The fraction of sp³-hybridized carbons (Fsp3) is 1.00. The summed E-state index contributed by atoms with van der Waals surface area (Å²) in [6.45, 7) is 8.79. The van der Waals surface area contributed by atoms with Crippen LogP contribution >= 0.6 is 0 Å². The number of hydroxylamine groups is 1. The molecule has 0 aromatic heterocycles. The Hall–Kier alpha value is -0.0800. The third-order valence-electron chi connectivity index (χ3n) is 2.33. The molecular formula is C8H17NO. The molecule has 0 bridgehead atoms. The van der Waals surface area contributed by atoms with Gasteiger partial charge in [0.2, 0.25) is 0 Å². The van der Waals surface area contributed by atoms with Crippen molar-refractivity contribution in [1.29, 1.82) is 0 Å². The molecule has 1 heterocycles. The Morgan fingerprint density at radius 2 is 1.90 bits per heavy atom. The fourth-order valence-corrected chi connectivity index (χ4v) is 1.90. The highest BCUT2D eigenvalue weighted by molar-refractivity contribution is 4.81. The Bertz CT molecular complexity index is 104. The molecule has 1 rings (SSSR count). The second-order valence-electron chi connectivity index (χ2n) is 3.55. The van der Waals surface area contributed by atoms with Crippen LogP contribution in [0.1, 0.15) is 27.7 Å². The molecule has 1 aliphatic heterocycles. The summed E-state index contributed by atoms with van der Waals surface area (Å²) in [6, 6.07) is 0.509. The summed E-state index contributed by atoms with van der Waals surface area (Å²) in [5.41, 5.74) is 3.00. The summed E-state index contributed by atoms with van der Waals surface area (Å²) >= 11 is 0. The number of nitrogens with one attached hydrogen (secondary N) is 1. The molecule has 2 heteroatoms. The molecule has 0 saturated carbocycles. The summed E-state index contributed by atoms with van der Waals surface area (Å²) in [5, 5.41) is 0. The van der Waals surface area contributed by atoms with Crippen molar-refractivity contribution < 1.29 is 4.84 Å². The number of rotatable bonds is 1. The lowest BCUT2D eigenvalue weighted by Crippen LogP contribution is -2.27. The van der Waals surface area contributed by atoms with Crippen LogP contribution in [0, 0.1) is 11.8 Å². The van der Waals surface area contributed by atoms with Gasteiger partial charge in [0.05, 0.1) is 6.10 Å². The van der Waals surface area contributed by atoms with Crippen LogP contribution in [-0.2, 0) is 4.84 Å². The molecule has 60 valence electrons. The summed E-state index contributed by atoms with van der Waals surface area (Å²) in [4.78, 5) is 5.29. The highest BCUT2D eigenvalue weighted by atomic mass is 16.7. The topological polar surface area (TPSA) is 21.3 Å². The summed E-state index contributed by atoms with van der Waals surface area (Å²) in [7, 11) is 0. The van der Waals surface area contributed by atoms with Crippen molar-refractivity contribution in [3.05, 3.63) is 0 Å². The molecule has 0 spiro atoms. The van der Waals surface area contributed by atoms with Crippen molar-refractivity contribution in [2.45, 2.75) is 39.8 Å². The zero-order valence-corrected chi connectivity index (χ0v) is 7.22. The van der Waals surface area contributed by atoms with E-state index in [-0.39, 0.29) is 0 Å². The second kappa shape index (κ2) is 2.89. The van der Waals surface area contributed by atoms with Gasteiger partial charge in [0.15, 0.2) is 0 Å². The van der Waals surface area contributed by atoms with E-state index >= 15 is 0 Å². The molecule has 10 heavy (non-hydrogen) atoms. The van der Waals surface area contributed by atoms with Gasteiger partial charge in [0.1, 0.15) is 0 Å². The van der Waals surface area contributed by atoms with E-state index in [9.17, 15) is 0 Å². The molecule has 1 aliphatic rings. The zero-order valence-electron chi connectivity index (χ0n) is 7.22. The minimum Gasteiger partial charge on any atom is -0.298 e. The molecule has 3 atom stereocenters. The summed E-state index contributed by atoms with van der Waals surface area (Å²) in [6.07, 6.45) is 0.370. The summed E-state index contributed by atoms with van der Waals surface area (Å²) in [5.74, 6) is 1.37. The van der Waals surface area contributed by atoms with Crippen LogP contribution in [0.15, 0.2) is 0 Å². The molecule has 2 nitrogen and oxygen atoms in total. The third kappa shape index (κ3) is 1.32. The van der Waals surface area contributed by atoms with E-state index in [1.807, 2.05) is 0 Å². The molecule has 1 saturated heterocycles. The predicted octanol–water partition coefficient (Wildman–Crippen LogP) is 1.57. The smallest absolute Gasteiger partial charge is 0.0808 e. The molecule has 0 aromatic carbocycles. The van der Waals surface area contributed by atoms with Gasteiger partial charge in [-0.15, -0.1) is 0 Å². The third-order valence-corrected chi connectivity index (χ3v) is 2.33. The van der Waals surface area contributed by atoms with Crippen LogP contribution in [0.4, 0.5) is 0 Å². The second-order valence-corrected chi connectivity index (χ2v) is 3.55. The highest BCUT2D eigenvalue weighted by Gasteiger charge is 2.33. The van der Waals surface area contributed by atoms with Gasteiger partial charge >= 0.3 is 0 Å². The minimum atomic E-state index is 0.370. The van der Waals surface area contributed by atoms with Gasteiger partial charge < -0.3 is 0 Å². The predicted molar refractivity (Wildman–Crippen MR) is 41.5 cm³/mol. The monoisotopic (exact) mass is 143 g/mol. The molecule has 1 N–H and O–H groups in total. The van der Waals surface area contributed by atoms with E-state index in [2.05, 4.69) is 33.2 Å². The molecule has 0 aromatic rings. The molecule has 3 unspecified atom stereocenters. The Labute approximate surface area is 62.9 Å². The van der Waals surface area contributed by atoms with Crippen LogP contribution in [0.2, 0.25) is 0 Å². The molecular weight excluding hydrogens is 126 g/mol. The van der Waals surface area contributed by atoms with E-state index in [0.29, 0.717) is 24.0 Å². The summed E-state index contributed by atoms with van der Waals surface area (Å²) < 4.78 is 0. The first-order chi connectivity index (χ1) is 4.63. The van der Waals surface area contributed by atoms with E-state index in [1.54, 1.807) is 0 Å². The van der Waals surface area contributed by atoms with Crippen molar-refractivity contribution in [2.75, 3.05) is 0 Å². The lowest BCUT2D eigenvalue weighted by molar-refractivity contribution is 0.0266. The Kier molecular flexibility index (Phi) is 2.32. The normalized spacial score (nSPS) is 41.1. The maximum Gasteiger partial charge on any atom is 0.0808 e. The van der Waals surface area contributed by atoms with E-state index in [0.717, 1.165) is 0 Å². The van der Waals surface area contributed by atoms with Gasteiger partial charge in [-0.3, -0.25) is 4.84 Å². The van der Waals surface area contributed by atoms with Gasteiger partial charge in [-0.1, -0.05) is 13.8 Å². The number of hydrogen-bond acceptors (Lipinski definition) is 2. The molecule has 0 radical (unpaired) electrons. The molecule has 1 fully saturated rings. The first kappa shape index (κ1) is 8.02. The SMILES string of the molecule is CC(C)C1C(C)NOC1C. The van der Waals surface area contributed by atoms with Gasteiger partial charge in [0, 0.05) is 12.0 Å². The maximum absolute atomic E-state index is 5.29. The first-order valence-corrected chi connectivity index (χ1v) is 4.04. The quantitative estimate of drug-likeness (QED) is 0.601. The van der Waals surface area contributed by atoms with Gasteiger partial charge in [0.25, 0.3) is 0 Å². The van der Waals surface area contributed by atoms with Crippen molar-refractivity contribution >= 4 is 0 Å². The average Bonchev–Trinajstić information content (AvgIpc) is 2.11. The van der Waals surface area contributed by atoms with Gasteiger partial charge in [-0.2, -0.15) is 5.48 Å². The first-order valence-electron chi connectivity index (χ1n) is 4.04. The Morgan fingerprint density at radius 1 is 1.30 bits per heavy atom.